The number of carbonyl (C=O) groups is 2. The Morgan fingerprint density at radius 3 is 2.85 bits per heavy atom. The molecule has 1 saturated carbocycles. The molecule has 2 unspecified atom stereocenters. The third-order valence-electron chi connectivity index (χ3n) is 5.88. The van der Waals surface area contributed by atoms with Gasteiger partial charge in [0.2, 0.25) is 0 Å². The van der Waals surface area contributed by atoms with Gasteiger partial charge in [0, 0.05) is 12.6 Å². The van der Waals surface area contributed by atoms with Crippen LogP contribution in [0, 0.1) is 11.3 Å². The fraction of sp³-hybridized carbons (Fsp3) is 0.556. The fourth-order valence-corrected chi connectivity index (χ4v) is 3.99. The highest BCUT2D eigenvalue weighted by atomic mass is 16.2. The number of pyridine rings is 1. The summed E-state index contributed by atoms with van der Waals surface area (Å²) in [5, 5.41) is 10.0. The SMILES string of the molecule is CC1CCC(C2(C)CC2)N(C(=O)C(=O)Nc2cnc(N)c3cn[nH]c23)C1. The second kappa shape index (κ2) is 5.96. The number of piperidine rings is 1. The molecule has 4 N–H and O–H groups in total. The maximum Gasteiger partial charge on any atom is 0.314 e. The standard InChI is InChI=1S/C18H24N6O2/c1-10-3-4-13(18(2)5-6-18)24(9-10)17(26)16(25)22-12-8-20-15(19)11-7-21-23-14(11)12/h7-8,10,13H,3-6,9H2,1-2H3,(H2,19,20)(H,21,23)(H,22,25). The number of likely N-dealkylation sites (tertiary alicyclic amines) is 1. The van der Waals surface area contributed by atoms with Gasteiger partial charge >= 0.3 is 11.8 Å². The summed E-state index contributed by atoms with van der Waals surface area (Å²) in [5.74, 6) is -0.387. The van der Waals surface area contributed by atoms with E-state index in [0.717, 1.165) is 25.7 Å². The number of nitrogens with two attached hydrogens (primary N) is 1. The van der Waals surface area contributed by atoms with Crippen molar-refractivity contribution in [3.63, 3.8) is 0 Å². The first-order valence-electron chi connectivity index (χ1n) is 9.08. The van der Waals surface area contributed by atoms with Gasteiger partial charge in [-0.05, 0) is 37.0 Å². The van der Waals surface area contributed by atoms with Gasteiger partial charge in [-0.15, -0.1) is 0 Å². The maximum absolute atomic E-state index is 12.9. The second-order valence-corrected chi connectivity index (χ2v) is 7.98. The van der Waals surface area contributed by atoms with Gasteiger partial charge in [-0.25, -0.2) is 4.98 Å². The molecule has 2 aliphatic rings. The monoisotopic (exact) mass is 356 g/mol. The number of hydrogen-bond donors (Lipinski definition) is 3. The van der Waals surface area contributed by atoms with Crippen LogP contribution in [0.15, 0.2) is 12.4 Å². The Hall–Kier alpha value is -2.64. The molecule has 2 aromatic rings. The summed E-state index contributed by atoms with van der Waals surface area (Å²) in [7, 11) is 0. The molecule has 0 aromatic carbocycles. The Labute approximate surface area is 151 Å². The normalized spacial score (nSPS) is 24.5. The Morgan fingerprint density at radius 1 is 1.35 bits per heavy atom. The summed E-state index contributed by atoms with van der Waals surface area (Å²) >= 11 is 0. The molecule has 2 atom stereocenters. The van der Waals surface area contributed by atoms with Gasteiger partial charge in [-0.3, -0.25) is 14.7 Å². The van der Waals surface area contributed by atoms with Crippen LogP contribution in [0.5, 0.6) is 0 Å². The number of nitrogens with zero attached hydrogens (tertiary/aromatic N) is 3. The Balaban J connectivity index is 1.55. The number of nitrogens with one attached hydrogen (secondary N) is 2. The summed E-state index contributed by atoms with van der Waals surface area (Å²) in [6, 6.07) is 0.147. The molecule has 1 aliphatic heterocycles. The molecular formula is C18H24N6O2. The molecule has 0 radical (unpaired) electrons. The fourth-order valence-electron chi connectivity index (χ4n) is 3.99. The number of aromatic nitrogens is 3. The van der Waals surface area contributed by atoms with E-state index >= 15 is 0 Å². The van der Waals surface area contributed by atoms with Gasteiger partial charge in [0.25, 0.3) is 0 Å². The number of hydrogen-bond acceptors (Lipinski definition) is 5. The highest BCUT2D eigenvalue weighted by Crippen LogP contribution is 2.52. The number of aromatic amines is 1. The Kier molecular flexibility index (Phi) is 3.86. The quantitative estimate of drug-likeness (QED) is 0.711. The van der Waals surface area contributed by atoms with E-state index in [4.69, 9.17) is 5.73 Å². The minimum absolute atomic E-state index is 0.147. The van der Waals surface area contributed by atoms with Crippen LogP contribution in [-0.2, 0) is 9.59 Å². The molecule has 8 nitrogen and oxygen atoms in total. The lowest BCUT2D eigenvalue weighted by atomic mass is 9.85. The van der Waals surface area contributed by atoms with Crippen molar-refractivity contribution in [1.29, 1.82) is 0 Å². The highest BCUT2D eigenvalue weighted by molar-refractivity contribution is 6.40. The van der Waals surface area contributed by atoms with Gasteiger partial charge in [-0.2, -0.15) is 5.10 Å². The average molecular weight is 356 g/mol. The Morgan fingerprint density at radius 2 is 2.12 bits per heavy atom. The first-order valence-corrected chi connectivity index (χ1v) is 9.08. The van der Waals surface area contributed by atoms with Gasteiger partial charge in [0.15, 0.2) is 0 Å². The van der Waals surface area contributed by atoms with Crippen LogP contribution in [0.25, 0.3) is 10.9 Å². The lowest BCUT2D eigenvalue weighted by molar-refractivity contribution is -0.147. The molecule has 2 fully saturated rings. The minimum Gasteiger partial charge on any atom is -0.383 e. The molecule has 3 heterocycles. The topological polar surface area (TPSA) is 117 Å². The van der Waals surface area contributed by atoms with Crippen LogP contribution in [0.4, 0.5) is 11.5 Å². The number of rotatable bonds is 2. The lowest BCUT2D eigenvalue weighted by Crippen LogP contribution is -2.53. The summed E-state index contributed by atoms with van der Waals surface area (Å²) < 4.78 is 0. The molecule has 0 bridgehead atoms. The van der Waals surface area contributed by atoms with Gasteiger partial charge in [0.05, 0.1) is 29.0 Å². The number of carbonyl (C=O) groups excluding carboxylic acids is 2. The first kappa shape index (κ1) is 16.8. The van der Waals surface area contributed by atoms with Crippen LogP contribution in [0.1, 0.15) is 39.5 Å². The molecule has 138 valence electrons. The smallest absolute Gasteiger partial charge is 0.314 e. The van der Waals surface area contributed by atoms with Crippen molar-refractivity contribution in [2.75, 3.05) is 17.6 Å². The molecule has 4 rings (SSSR count). The van der Waals surface area contributed by atoms with E-state index < -0.39 is 11.8 Å². The summed E-state index contributed by atoms with van der Waals surface area (Å²) in [6.45, 7) is 4.97. The molecule has 0 spiro atoms. The van der Waals surface area contributed by atoms with E-state index in [9.17, 15) is 9.59 Å². The molecular weight excluding hydrogens is 332 g/mol. The largest absolute Gasteiger partial charge is 0.383 e. The third-order valence-corrected chi connectivity index (χ3v) is 5.88. The number of anilines is 2. The number of amides is 2. The van der Waals surface area contributed by atoms with Crippen molar-refractivity contribution >= 4 is 34.2 Å². The maximum atomic E-state index is 12.9. The molecule has 2 amide bonds. The van der Waals surface area contributed by atoms with Crippen molar-refractivity contribution < 1.29 is 9.59 Å². The lowest BCUT2D eigenvalue weighted by Gasteiger charge is -2.41. The van der Waals surface area contributed by atoms with E-state index in [0.29, 0.717) is 34.9 Å². The zero-order valence-electron chi connectivity index (χ0n) is 15.1. The van der Waals surface area contributed by atoms with Gasteiger partial charge in [0.1, 0.15) is 5.82 Å². The van der Waals surface area contributed by atoms with Crippen LogP contribution in [-0.4, -0.2) is 44.5 Å². The van der Waals surface area contributed by atoms with Crippen molar-refractivity contribution in [2.45, 2.75) is 45.6 Å². The zero-order chi connectivity index (χ0) is 18.5. The van der Waals surface area contributed by atoms with E-state index in [1.807, 2.05) is 0 Å². The van der Waals surface area contributed by atoms with Crippen LogP contribution >= 0.6 is 0 Å². The second-order valence-electron chi connectivity index (χ2n) is 7.98. The molecule has 8 heteroatoms. The summed E-state index contributed by atoms with van der Waals surface area (Å²) in [4.78, 5) is 31.4. The van der Waals surface area contributed by atoms with Crippen LogP contribution in [0.3, 0.4) is 0 Å². The van der Waals surface area contributed by atoms with E-state index in [1.165, 1.54) is 6.20 Å². The minimum atomic E-state index is -0.643. The number of fused-ring (bicyclic) bond motifs is 1. The van der Waals surface area contributed by atoms with Crippen molar-refractivity contribution in [3.8, 4) is 0 Å². The van der Waals surface area contributed by atoms with Crippen LogP contribution < -0.4 is 11.1 Å². The zero-order valence-corrected chi connectivity index (χ0v) is 15.1. The first-order chi connectivity index (χ1) is 12.4. The van der Waals surface area contributed by atoms with E-state index in [2.05, 4.69) is 34.3 Å². The molecule has 1 saturated heterocycles. The van der Waals surface area contributed by atoms with E-state index in [-0.39, 0.29) is 11.5 Å². The van der Waals surface area contributed by atoms with Gasteiger partial charge < -0.3 is 16.0 Å². The molecule has 1 aliphatic carbocycles. The van der Waals surface area contributed by atoms with Gasteiger partial charge in [-0.1, -0.05) is 13.8 Å². The van der Waals surface area contributed by atoms with Crippen molar-refractivity contribution in [2.24, 2.45) is 11.3 Å². The van der Waals surface area contributed by atoms with Crippen molar-refractivity contribution in [3.05, 3.63) is 12.4 Å². The number of nitrogen functional groups attached to an aromatic ring is 1. The Bertz CT molecular complexity index is 872. The van der Waals surface area contributed by atoms with E-state index in [1.54, 1.807) is 11.1 Å². The molecule has 26 heavy (non-hydrogen) atoms. The summed E-state index contributed by atoms with van der Waals surface area (Å²) in [6.07, 6.45) is 7.29. The van der Waals surface area contributed by atoms with Crippen molar-refractivity contribution in [1.82, 2.24) is 20.1 Å². The number of H-pyrrole nitrogens is 1. The predicted molar refractivity (Wildman–Crippen MR) is 98.2 cm³/mol. The third kappa shape index (κ3) is 2.79. The average Bonchev–Trinajstić information content (AvgIpc) is 3.17. The van der Waals surface area contributed by atoms with Crippen LogP contribution in [0.2, 0.25) is 0 Å². The highest BCUT2D eigenvalue weighted by Gasteiger charge is 2.50. The predicted octanol–water partition coefficient (Wildman–Crippen LogP) is 1.91. The summed E-state index contributed by atoms with van der Waals surface area (Å²) in [5.41, 5.74) is 6.94. The molecule has 2 aromatic heterocycles.